The second-order valence-electron chi connectivity index (χ2n) is 2.54. The summed E-state index contributed by atoms with van der Waals surface area (Å²) in [5, 5.41) is 0.812. The number of primary amides is 1. The summed E-state index contributed by atoms with van der Waals surface area (Å²) < 4.78 is 5.87. The molecule has 13 heavy (non-hydrogen) atoms. The fourth-order valence-corrected chi connectivity index (χ4v) is 2.21. The van der Waals surface area contributed by atoms with Crippen molar-refractivity contribution in [2.45, 2.75) is 0 Å². The molecule has 0 spiro atoms. The predicted molar refractivity (Wildman–Crippen MR) is 55.8 cm³/mol. The van der Waals surface area contributed by atoms with Gasteiger partial charge in [0, 0.05) is 9.86 Å². The molecule has 1 heterocycles. The minimum atomic E-state index is -0.482. The van der Waals surface area contributed by atoms with Crippen molar-refractivity contribution in [1.29, 1.82) is 0 Å². The maximum atomic E-state index is 10.9. The fourth-order valence-electron chi connectivity index (χ4n) is 1.09. The van der Waals surface area contributed by atoms with E-state index in [1.54, 1.807) is 0 Å². The topological polar surface area (TPSA) is 56.0 Å². The van der Waals surface area contributed by atoms with E-state index in [9.17, 15) is 4.79 Å². The molecule has 0 radical (unpaired) electrons. The number of hydrogen-bond donors (Lipinski definition) is 1. The summed E-state index contributed by atoms with van der Waals surface area (Å²) in [6.45, 7) is 0. The van der Waals surface area contributed by atoms with Crippen LogP contribution in [0.25, 0.3) is 10.1 Å². The number of amides is 1. The van der Waals surface area contributed by atoms with Gasteiger partial charge < -0.3 is 5.73 Å². The molecule has 0 saturated heterocycles. The summed E-state index contributed by atoms with van der Waals surface area (Å²) in [4.78, 5) is 10.9. The molecule has 66 valence electrons. The molecular formula is C8H5BrN2OS. The maximum absolute atomic E-state index is 10.9. The van der Waals surface area contributed by atoms with E-state index in [1.807, 2.05) is 18.2 Å². The van der Waals surface area contributed by atoms with Gasteiger partial charge in [-0.1, -0.05) is 15.9 Å². The number of halogens is 1. The van der Waals surface area contributed by atoms with Crippen LogP contribution in [0.1, 0.15) is 10.5 Å². The number of nitrogens with zero attached hydrogens (tertiary/aromatic N) is 1. The average Bonchev–Trinajstić information content (AvgIpc) is 2.46. The molecule has 0 aliphatic rings. The normalized spacial score (nSPS) is 10.5. The van der Waals surface area contributed by atoms with Gasteiger partial charge in [-0.05, 0) is 29.7 Å². The maximum Gasteiger partial charge on any atom is 0.269 e. The van der Waals surface area contributed by atoms with Gasteiger partial charge in [0.1, 0.15) is 5.69 Å². The van der Waals surface area contributed by atoms with Gasteiger partial charge >= 0.3 is 0 Å². The molecule has 0 unspecified atom stereocenters. The number of hydrogen-bond acceptors (Lipinski definition) is 3. The monoisotopic (exact) mass is 256 g/mol. The molecule has 2 rings (SSSR count). The first-order valence-electron chi connectivity index (χ1n) is 3.53. The first-order valence-corrected chi connectivity index (χ1v) is 5.10. The summed E-state index contributed by atoms with van der Waals surface area (Å²) in [5.74, 6) is -0.482. The average molecular weight is 257 g/mol. The second-order valence-corrected chi connectivity index (χ2v) is 4.26. The highest BCUT2D eigenvalue weighted by Gasteiger charge is 2.10. The number of carbonyl (C=O) groups is 1. The van der Waals surface area contributed by atoms with Crippen molar-refractivity contribution in [3.63, 3.8) is 0 Å². The molecule has 0 saturated carbocycles. The molecule has 0 aliphatic heterocycles. The van der Waals surface area contributed by atoms with Crippen molar-refractivity contribution in [3.8, 4) is 0 Å². The Balaban J connectivity index is 2.79. The van der Waals surface area contributed by atoms with Gasteiger partial charge in [-0.3, -0.25) is 4.79 Å². The van der Waals surface area contributed by atoms with Crippen LogP contribution in [0.15, 0.2) is 22.7 Å². The van der Waals surface area contributed by atoms with Crippen LogP contribution in [0.3, 0.4) is 0 Å². The highest BCUT2D eigenvalue weighted by Crippen LogP contribution is 2.25. The SMILES string of the molecule is NC(=O)c1nsc2ccc(Br)cc12. The van der Waals surface area contributed by atoms with Crippen molar-refractivity contribution in [2.24, 2.45) is 5.73 Å². The Morgan fingerprint density at radius 2 is 2.31 bits per heavy atom. The van der Waals surface area contributed by atoms with Crippen molar-refractivity contribution < 1.29 is 4.79 Å². The lowest BCUT2D eigenvalue weighted by Crippen LogP contribution is -2.11. The molecule has 0 fully saturated rings. The molecule has 2 N–H and O–H groups in total. The molecule has 2 aromatic rings. The Bertz CT molecular complexity index is 480. The molecule has 1 aromatic carbocycles. The zero-order chi connectivity index (χ0) is 9.42. The van der Waals surface area contributed by atoms with E-state index in [2.05, 4.69) is 20.3 Å². The van der Waals surface area contributed by atoms with Crippen molar-refractivity contribution >= 4 is 43.5 Å². The Labute approximate surface area is 86.8 Å². The quantitative estimate of drug-likeness (QED) is 0.851. The Hall–Kier alpha value is -0.940. The summed E-state index contributed by atoms with van der Waals surface area (Å²) in [6, 6.07) is 5.66. The van der Waals surface area contributed by atoms with Crippen LogP contribution in [0.2, 0.25) is 0 Å². The predicted octanol–water partition coefficient (Wildman–Crippen LogP) is 2.16. The number of carbonyl (C=O) groups excluding carboxylic acids is 1. The first-order chi connectivity index (χ1) is 6.18. The third-order valence-corrected chi connectivity index (χ3v) is 2.99. The van der Waals surface area contributed by atoms with Crippen LogP contribution in [0.4, 0.5) is 0 Å². The molecular weight excluding hydrogens is 252 g/mol. The van der Waals surface area contributed by atoms with Crippen molar-refractivity contribution in [2.75, 3.05) is 0 Å². The van der Waals surface area contributed by atoms with Gasteiger partial charge in [0.05, 0.1) is 4.70 Å². The van der Waals surface area contributed by atoms with Crippen LogP contribution in [-0.4, -0.2) is 10.3 Å². The highest BCUT2D eigenvalue weighted by molar-refractivity contribution is 9.10. The Morgan fingerprint density at radius 1 is 1.54 bits per heavy atom. The Morgan fingerprint density at radius 3 is 3.00 bits per heavy atom. The number of benzene rings is 1. The minimum absolute atomic E-state index is 0.348. The van der Waals surface area contributed by atoms with E-state index < -0.39 is 5.91 Å². The lowest BCUT2D eigenvalue weighted by atomic mass is 10.2. The highest BCUT2D eigenvalue weighted by atomic mass is 79.9. The van der Waals surface area contributed by atoms with Crippen LogP contribution in [-0.2, 0) is 0 Å². The van der Waals surface area contributed by atoms with Crippen molar-refractivity contribution in [3.05, 3.63) is 28.4 Å². The molecule has 1 aromatic heterocycles. The number of rotatable bonds is 1. The van der Waals surface area contributed by atoms with E-state index in [4.69, 9.17) is 5.73 Å². The lowest BCUT2D eigenvalue weighted by Gasteiger charge is -1.91. The first kappa shape index (κ1) is 8.65. The molecule has 0 atom stereocenters. The fraction of sp³-hybridized carbons (Fsp3) is 0. The summed E-state index contributed by atoms with van der Waals surface area (Å²) in [7, 11) is 0. The van der Waals surface area contributed by atoms with E-state index in [0.29, 0.717) is 5.69 Å². The van der Waals surface area contributed by atoms with Gasteiger partial charge in [-0.2, -0.15) is 4.37 Å². The smallest absolute Gasteiger partial charge is 0.269 e. The van der Waals surface area contributed by atoms with Crippen LogP contribution in [0, 0.1) is 0 Å². The van der Waals surface area contributed by atoms with Gasteiger partial charge in [-0.25, -0.2) is 0 Å². The van der Waals surface area contributed by atoms with E-state index >= 15 is 0 Å². The van der Waals surface area contributed by atoms with Crippen molar-refractivity contribution in [1.82, 2.24) is 4.37 Å². The minimum Gasteiger partial charge on any atom is -0.364 e. The molecule has 0 bridgehead atoms. The van der Waals surface area contributed by atoms with E-state index in [-0.39, 0.29) is 0 Å². The molecule has 3 nitrogen and oxygen atoms in total. The number of nitrogens with two attached hydrogens (primary N) is 1. The second kappa shape index (κ2) is 3.08. The lowest BCUT2D eigenvalue weighted by molar-refractivity contribution is 0.0998. The van der Waals surface area contributed by atoms with Gasteiger partial charge in [0.25, 0.3) is 5.91 Å². The molecule has 0 aliphatic carbocycles. The third kappa shape index (κ3) is 1.45. The standard InChI is InChI=1S/C8H5BrN2OS/c9-4-1-2-6-5(3-4)7(8(10)12)11-13-6/h1-3H,(H2,10,12). The van der Waals surface area contributed by atoms with Gasteiger partial charge in [0.2, 0.25) is 0 Å². The molecule has 1 amide bonds. The van der Waals surface area contributed by atoms with Crippen LogP contribution < -0.4 is 5.73 Å². The summed E-state index contributed by atoms with van der Waals surface area (Å²) in [6.07, 6.45) is 0. The van der Waals surface area contributed by atoms with E-state index in [0.717, 1.165) is 14.6 Å². The largest absolute Gasteiger partial charge is 0.364 e. The Kier molecular flexibility index (Phi) is 2.05. The molecule has 5 heteroatoms. The van der Waals surface area contributed by atoms with Gasteiger partial charge in [-0.15, -0.1) is 0 Å². The third-order valence-electron chi connectivity index (χ3n) is 1.67. The zero-order valence-corrected chi connectivity index (χ0v) is 8.85. The summed E-state index contributed by atoms with van der Waals surface area (Å²) in [5.41, 5.74) is 5.51. The number of aromatic nitrogens is 1. The summed E-state index contributed by atoms with van der Waals surface area (Å²) >= 11 is 4.60. The van der Waals surface area contributed by atoms with Gasteiger partial charge in [0.15, 0.2) is 0 Å². The zero-order valence-electron chi connectivity index (χ0n) is 6.45. The van der Waals surface area contributed by atoms with Crippen LogP contribution in [0.5, 0.6) is 0 Å². The number of fused-ring (bicyclic) bond motifs is 1. The van der Waals surface area contributed by atoms with E-state index in [1.165, 1.54) is 11.5 Å². The van der Waals surface area contributed by atoms with Crippen LogP contribution >= 0.6 is 27.5 Å².